The molecule has 0 spiro atoms. The van der Waals surface area contributed by atoms with E-state index >= 15 is 0 Å². The zero-order valence-corrected chi connectivity index (χ0v) is 12.9. The Labute approximate surface area is 113 Å². The molecule has 3 heteroatoms. The molecule has 1 fully saturated rings. The summed E-state index contributed by atoms with van der Waals surface area (Å²) in [6.45, 7) is 11.4. The van der Waals surface area contributed by atoms with E-state index in [0.717, 1.165) is 13.1 Å². The predicted octanol–water partition coefficient (Wildman–Crippen LogP) is 2.10. The third-order valence-corrected chi connectivity index (χ3v) is 4.52. The number of aliphatic hydroxyl groups excluding tert-OH is 1. The van der Waals surface area contributed by atoms with Gasteiger partial charge in [0.1, 0.15) is 0 Å². The van der Waals surface area contributed by atoms with Gasteiger partial charge in [0.25, 0.3) is 0 Å². The highest BCUT2D eigenvalue weighted by atomic mass is 16.3. The molecule has 1 rings (SSSR count). The maximum Gasteiger partial charge on any atom is 0.0584 e. The molecule has 0 aliphatic heterocycles. The summed E-state index contributed by atoms with van der Waals surface area (Å²) in [6.07, 6.45) is 3.89. The molecule has 108 valence electrons. The van der Waals surface area contributed by atoms with Gasteiger partial charge in [0.2, 0.25) is 0 Å². The van der Waals surface area contributed by atoms with Crippen LogP contribution in [0.15, 0.2) is 0 Å². The van der Waals surface area contributed by atoms with E-state index in [9.17, 15) is 5.11 Å². The lowest BCUT2D eigenvalue weighted by Crippen LogP contribution is -2.48. The van der Waals surface area contributed by atoms with Gasteiger partial charge in [-0.15, -0.1) is 0 Å². The lowest BCUT2D eigenvalue weighted by molar-refractivity contribution is 0.0815. The first-order chi connectivity index (χ1) is 8.39. The van der Waals surface area contributed by atoms with Gasteiger partial charge in [0.15, 0.2) is 0 Å². The van der Waals surface area contributed by atoms with Gasteiger partial charge in [-0.1, -0.05) is 20.8 Å². The van der Waals surface area contributed by atoms with Gasteiger partial charge in [0.05, 0.1) is 6.61 Å². The van der Waals surface area contributed by atoms with Crippen LogP contribution in [0.3, 0.4) is 0 Å². The van der Waals surface area contributed by atoms with Gasteiger partial charge in [-0.2, -0.15) is 0 Å². The summed E-state index contributed by atoms with van der Waals surface area (Å²) < 4.78 is 0. The predicted molar refractivity (Wildman–Crippen MR) is 77.8 cm³/mol. The van der Waals surface area contributed by atoms with Crippen LogP contribution in [0.25, 0.3) is 0 Å². The number of likely N-dealkylation sites (N-methyl/N-ethyl adjacent to an activating group) is 1. The van der Waals surface area contributed by atoms with Crippen molar-refractivity contribution in [3.63, 3.8) is 0 Å². The van der Waals surface area contributed by atoms with Crippen LogP contribution in [-0.2, 0) is 0 Å². The van der Waals surface area contributed by atoms with Gasteiger partial charge >= 0.3 is 0 Å². The number of rotatable bonds is 6. The van der Waals surface area contributed by atoms with Gasteiger partial charge in [-0.25, -0.2) is 0 Å². The summed E-state index contributed by atoms with van der Waals surface area (Å²) >= 11 is 0. The summed E-state index contributed by atoms with van der Waals surface area (Å²) in [5.41, 5.74) is 0.472. The smallest absolute Gasteiger partial charge is 0.0584 e. The molecule has 3 unspecified atom stereocenters. The first kappa shape index (κ1) is 15.9. The SMILES string of the molecule is CCNC1CCC(C)(C)CC1CN(C)C(C)CO. The molecule has 1 aliphatic rings. The molecule has 18 heavy (non-hydrogen) atoms. The van der Waals surface area contributed by atoms with Gasteiger partial charge < -0.3 is 15.3 Å². The second kappa shape index (κ2) is 6.88. The summed E-state index contributed by atoms with van der Waals surface area (Å²) in [5, 5.41) is 12.9. The van der Waals surface area contributed by atoms with Crippen LogP contribution < -0.4 is 5.32 Å². The maximum atomic E-state index is 9.25. The Balaban J connectivity index is 2.60. The average molecular weight is 256 g/mol. The molecule has 0 bridgehead atoms. The zero-order chi connectivity index (χ0) is 13.8. The minimum atomic E-state index is 0.248. The van der Waals surface area contributed by atoms with Crippen molar-refractivity contribution in [3.05, 3.63) is 0 Å². The third-order valence-electron chi connectivity index (χ3n) is 4.52. The minimum Gasteiger partial charge on any atom is -0.395 e. The monoisotopic (exact) mass is 256 g/mol. The Morgan fingerprint density at radius 3 is 2.67 bits per heavy atom. The first-order valence-electron chi connectivity index (χ1n) is 7.44. The van der Waals surface area contributed by atoms with Gasteiger partial charge in [0, 0.05) is 18.6 Å². The zero-order valence-electron chi connectivity index (χ0n) is 12.9. The number of hydrogen-bond acceptors (Lipinski definition) is 3. The molecule has 0 saturated heterocycles. The molecule has 2 N–H and O–H groups in total. The van der Waals surface area contributed by atoms with Gasteiger partial charge in [-0.3, -0.25) is 0 Å². The van der Waals surface area contributed by atoms with Crippen molar-refractivity contribution < 1.29 is 5.11 Å². The third kappa shape index (κ3) is 4.52. The van der Waals surface area contributed by atoms with E-state index in [0.29, 0.717) is 17.4 Å². The lowest BCUT2D eigenvalue weighted by atomic mass is 9.69. The average Bonchev–Trinajstić information content (AvgIpc) is 2.31. The lowest BCUT2D eigenvalue weighted by Gasteiger charge is -2.43. The van der Waals surface area contributed by atoms with Crippen molar-refractivity contribution in [2.75, 3.05) is 26.7 Å². The van der Waals surface area contributed by atoms with Crippen LogP contribution in [0.5, 0.6) is 0 Å². The molecule has 3 atom stereocenters. The first-order valence-corrected chi connectivity index (χ1v) is 7.44. The number of aliphatic hydroxyl groups is 1. The summed E-state index contributed by atoms with van der Waals surface area (Å²) in [5.74, 6) is 0.702. The molecule has 0 aromatic heterocycles. The molecule has 0 amide bonds. The molecule has 0 aromatic rings. The standard InChI is InChI=1S/C15H32N2O/c1-6-16-14-7-8-15(3,4)9-13(14)10-17(5)12(2)11-18/h12-14,16,18H,6-11H2,1-5H3. The fourth-order valence-corrected chi connectivity index (χ4v) is 3.15. The van der Waals surface area contributed by atoms with E-state index in [1.165, 1.54) is 19.3 Å². The van der Waals surface area contributed by atoms with Crippen LogP contribution >= 0.6 is 0 Å². The Morgan fingerprint density at radius 2 is 2.11 bits per heavy atom. The van der Waals surface area contributed by atoms with Crippen molar-refractivity contribution in [2.24, 2.45) is 11.3 Å². The molecule has 3 nitrogen and oxygen atoms in total. The van der Waals surface area contributed by atoms with Crippen LogP contribution in [0, 0.1) is 11.3 Å². The fourth-order valence-electron chi connectivity index (χ4n) is 3.15. The van der Waals surface area contributed by atoms with Gasteiger partial charge in [-0.05, 0) is 51.1 Å². The number of nitrogens with zero attached hydrogens (tertiary/aromatic N) is 1. The summed E-state index contributed by atoms with van der Waals surface area (Å²) in [4.78, 5) is 2.30. The van der Waals surface area contributed by atoms with Crippen LogP contribution in [-0.4, -0.2) is 48.8 Å². The second-order valence-corrected chi connectivity index (χ2v) is 6.80. The highest BCUT2D eigenvalue weighted by molar-refractivity contribution is 4.90. The molecular formula is C15H32N2O. The maximum absolute atomic E-state index is 9.25. The topological polar surface area (TPSA) is 35.5 Å². The number of hydrogen-bond donors (Lipinski definition) is 2. The quantitative estimate of drug-likeness (QED) is 0.764. The van der Waals surface area contributed by atoms with Crippen molar-refractivity contribution in [3.8, 4) is 0 Å². The van der Waals surface area contributed by atoms with E-state index in [4.69, 9.17) is 0 Å². The Hall–Kier alpha value is -0.120. The van der Waals surface area contributed by atoms with Crippen LogP contribution in [0.4, 0.5) is 0 Å². The highest BCUT2D eigenvalue weighted by Gasteiger charge is 2.35. The molecule has 0 heterocycles. The molecule has 0 radical (unpaired) electrons. The van der Waals surface area contributed by atoms with Crippen molar-refractivity contribution >= 4 is 0 Å². The van der Waals surface area contributed by atoms with Crippen molar-refractivity contribution in [1.82, 2.24) is 10.2 Å². The van der Waals surface area contributed by atoms with E-state index in [1.807, 2.05) is 0 Å². The van der Waals surface area contributed by atoms with E-state index in [2.05, 4.69) is 45.0 Å². The Bertz CT molecular complexity index is 243. The summed E-state index contributed by atoms with van der Waals surface area (Å²) in [7, 11) is 2.13. The largest absolute Gasteiger partial charge is 0.395 e. The molecule has 0 aromatic carbocycles. The van der Waals surface area contributed by atoms with Crippen molar-refractivity contribution in [2.45, 2.75) is 59.0 Å². The Morgan fingerprint density at radius 1 is 1.44 bits per heavy atom. The van der Waals surface area contributed by atoms with Crippen LogP contribution in [0.1, 0.15) is 47.0 Å². The Kier molecular flexibility index (Phi) is 6.09. The van der Waals surface area contributed by atoms with Crippen molar-refractivity contribution in [1.29, 1.82) is 0 Å². The minimum absolute atomic E-state index is 0.248. The number of nitrogens with one attached hydrogen (secondary N) is 1. The highest BCUT2D eigenvalue weighted by Crippen LogP contribution is 2.39. The normalized spacial score (nSPS) is 29.5. The van der Waals surface area contributed by atoms with Crippen LogP contribution in [0.2, 0.25) is 0 Å². The van der Waals surface area contributed by atoms with E-state index in [-0.39, 0.29) is 12.6 Å². The molecule has 1 saturated carbocycles. The second-order valence-electron chi connectivity index (χ2n) is 6.80. The molecular weight excluding hydrogens is 224 g/mol. The molecule has 1 aliphatic carbocycles. The fraction of sp³-hybridized carbons (Fsp3) is 1.00. The summed E-state index contributed by atoms with van der Waals surface area (Å²) in [6, 6.07) is 0.911. The van der Waals surface area contributed by atoms with E-state index < -0.39 is 0 Å². The van der Waals surface area contributed by atoms with E-state index in [1.54, 1.807) is 0 Å².